The first-order chi connectivity index (χ1) is 10.3. The zero-order valence-electron chi connectivity index (χ0n) is 11.6. The van der Waals surface area contributed by atoms with Crippen molar-refractivity contribution in [3.8, 4) is 5.75 Å². The summed E-state index contributed by atoms with van der Waals surface area (Å²) in [5.74, 6) is 1.58. The number of aromatic nitrogens is 3. The van der Waals surface area contributed by atoms with E-state index in [1.807, 2.05) is 43.5 Å². The van der Waals surface area contributed by atoms with Crippen LogP contribution in [0.2, 0.25) is 5.28 Å². The van der Waals surface area contributed by atoms with Crippen LogP contribution in [0.25, 0.3) is 11.0 Å². The largest absolute Gasteiger partial charge is 0.494 e. The van der Waals surface area contributed by atoms with Gasteiger partial charge in [-0.25, -0.2) is 4.98 Å². The second kappa shape index (κ2) is 6.01. The number of H-pyrrole nitrogens is 1. The predicted molar refractivity (Wildman–Crippen MR) is 83.8 cm³/mol. The summed E-state index contributed by atoms with van der Waals surface area (Å²) in [5.41, 5.74) is 1.83. The van der Waals surface area contributed by atoms with Gasteiger partial charge in [0.1, 0.15) is 17.2 Å². The lowest BCUT2D eigenvalue weighted by molar-refractivity contribution is 0.340. The first-order valence-electron chi connectivity index (χ1n) is 6.72. The molecule has 0 saturated heterocycles. The zero-order valence-corrected chi connectivity index (χ0v) is 12.3. The summed E-state index contributed by atoms with van der Waals surface area (Å²) < 4.78 is 5.50. The van der Waals surface area contributed by atoms with Crippen molar-refractivity contribution >= 4 is 28.5 Å². The maximum atomic E-state index is 5.93. The first-order valence-corrected chi connectivity index (χ1v) is 7.10. The van der Waals surface area contributed by atoms with E-state index in [-0.39, 0.29) is 5.28 Å². The highest BCUT2D eigenvalue weighted by atomic mass is 35.5. The fourth-order valence-corrected chi connectivity index (χ4v) is 2.32. The number of rotatable bonds is 5. The highest BCUT2D eigenvalue weighted by Gasteiger charge is 2.07. The van der Waals surface area contributed by atoms with E-state index in [2.05, 4.69) is 20.3 Å². The van der Waals surface area contributed by atoms with Gasteiger partial charge >= 0.3 is 0 Å². The molecular formula is C15H15ClN4O. The van der Waals surface area contributed by atoms with Gasteiger partial charge in [-0.1, -0.05) is 12.1 Å². The number of aromatic amines is 1. The molecule has 0 saturated carbocycles. The van der Waals surface area contributed by atoms with E-state index in [9.17, 15) is 0 Å². The lowest BCUT2D eigenvalue weighted by Crippen LogP contribution is -2.03. The van der Waals surface area contributed by atoms with Crippen molar-refractivity contribution in [1.82, 2.24) is 15.0 Å². The minimum atomic E-state index is 0.218. The van der Waals surface area contributed by atoms with Crippen molar-refractivity contribution in [2.75, 3.05) is 11.9 Å². The maximum absolute atomic E-state index is 5.93. The third-order valence-corrected chi connectivity index (χ3v) is 3.23. The van der Waals surface area contributed by atoms with Gasteiger partial charge in [0.05, 0.1) is 12.0 Å². The van der Waals surface area contributed by atoms with Gasteiger partial charge in [0, 0.05) is 12.7 Å². The number of halogens is 1. The van der Waals surface area contributed by atoms with Crippen LogP contribution in [-0.2, 0) is 6.54 Å². The Balaban J connectivity index is 1.80. The number of hydrogen-bond acceptors (Lipinski definition) is 4. The topological polar surface area (TPSA) is 62.8 Å². The van der Waals surface area contributed by atoms with Crippen molar-refractivity contribution in [2.24, 2.45) is 0 Å². The van der Waals surface area contributed by atoms with Crippen molar-refractivity contribution in [3.05, 3.63) is 47.4 Å². The molecule has 0 aliphatic carbocycles. The number of benzene rings is 1. The molecular weight excluding hydrogens is 288 g/mol. The number of fused-ring (bicyclic) bond motifs is 1. The molecule has 0 spiro atoms. The molecule has 2 aromatic heterocycles. The third-order valence-electron chi connectivity index (χ3n) is 3.06. The van der Waals surface area contributed by atoms with Crippen LogP contribution >= 0.6 is 11.6 Å². The van der Waals surface area contributed by atoms with Gasteiger partial charge in [0.2, 0.25) is 5.28 Å². The van der Waals surface area contributed by atoms with Crippen LogP contribution in [0.1, 0.15) is 12.5 Å². The number of anilines is 1. The fraction of sp³-hybridized carbons (Fsp3) is 0.200. The average molecular weight is 303 g/mol. The Morgan fingerprint density at radius 2 is 2.19 bits per heavy atom. The van der Waals surface area contributed by atoms with Crippen molar-refractivity contribution < 1.29 is 4.74 Å². The van der Waals surface area contributed by atoms with E-state index < -0.39 is 0 Å². The summed E-state index contributed by atoms with van der Waals surface area (Å²) in [4.78, 5) is 11.4. The summed E-state index contributed by atoms with van der Waals surface area (Å²) in [6.07, 6.45) is 1.82. The highest BCUT2D eigenvalue weighted by molar-refractivity contribution is 6.28. The van der Waals surface area contributed by atoms with Crippen molar-refractivity contribution in [3.63, 3.8) is 0 Å². The van der Waals surface area contributed by atoms with Crippen LogP contribution < -0.4 is 10.1 Å². The normalized spacial score (nSPS) is 10.8. The van der Waals surface area contributed by atoms with Crippen LogP contribution in [0, 0.1) is 0 Å². The van der Waals surface area contributed by atoms with Crippen molar-refractivity contribution in [1.29, 1.82) is 0 Å². The number of ether oxygens (including phenoxy) is 1. The lowest BCUT2D eigenvalue weighted by Gasteiger charge is -2.09. The molecule has 6 heteroatoms. The highest BCUT2D eigenvalue weighted by Crippen LogP contribution is 2.22. The van der Waals surface area contributed by atoms with E-state index in [4.69, 9.17) is 16.3 Å². The van der Waals surface area contributed by atoms with Crippen molar-refractivity contribution in [2.45, 2.75) is 13.5 Å². The molecule has 108 valence electrons. The Labute approximate surface area is 127 Å². The molecule has 0 atom stereocenters. The van der Waals surface area contributed by atoms with Crippen LogP contribution in [0.5, 0.6) is 5.75 Å². The van der Waals surface area contributed by atoms with E-state index in [0.717, 1.165) is 22.3 Å². The van der Waals surface area contributed by atoms with E-state index in [0.29, 0.717) is 19.0 Å². The van der Waals surface area contributed by atoms with E-state index in [1.54, 1.807) is 0 Å². The molecule has 0 aliphatic heterocycles. The van der Waals surface area contributed by atoms with Gasteiger partial charge in [-0.15, -0.1) is 0 Å². The summed E-state index contributed by atoms with van der Waals surface area (Å²) >= 11 is 5.93. The molecule has 1 aromatic carbocycles. The van der Waals surface area contributed by atoms with Gasteiger partial charge in [-0.05, 0) is 42.3 Å². The molecule has 0 amide bonds. The number of nitrogens with zero attached hydrogens (tertiary/aromatic N) is 2. The van der Waals surface area contributed by atoms with Crippen LogP contribution in [0.15, 0.2) is 36.5 Å². The van der Waals surface area contributed by atoms with Gasteiger partial charge in [-0.3, -0.25) is 0 Å². The molecule has 3 aromatic rings. The molecule has 3 rings (SSSR count). The monoisotopic (exact) mass is 302 g/mol. The minimum Gasteiger partial charge on any atom is -0.494 e. The Kier molecular flexibility index (Phi) is 3.92. The summed E-state index contributed by atoms with van der Waals surface area (Å²) in [7, 11) is 0. The fourth-order valence-electron chi connectivity index (χ4n) is 2.15. The summed E-state index contributed by atoms with van der Waals surface area (Å²) in [6.45, 7) is 3.26. The average Bonchev–Trinajstić information content (AvgIpc) is 2.93. The van der Waals surface area contributed by atoms with Gasteiger partial charge in [0.25, 0.3) is 0 Å². The van der Waals surface area contributed by atoms with E-state index >= 15 is 0 Å². The Morgan fingerprint density at radius 3 is 3.05 bits per heavy atom. The Morgan fingerprint density at radius 1 is 1.29 bits per heavy atom. The molecule has 0 bridgehead atoms. The van der Waals surface area contributed by atoms with Gasteiger partial charge in [-0.2, -0.15) is 4.98 Å². The quantitative estimate of drug-likeness (QED) is 0.707. The van der Waals surface area contributed by atoms with Gasteiger partial charge < -0.3 is 15.0 Å². The van der Waals surface area contributed by atoms with Crippen LogP contribution in [-0.4, -0.2) is 21.6 Å². The molecule has 0 fully saturated rings. The minimum absolute atomic E-state index is 0.218. The zero-order chi connectivity index (χ0) is 14.7. The first kappa shape index (κ1) is 13.7. The maximum Gasteiger partial charge on any atom is 0.226 e. The predicted octanol–water partition coefficient (Wildman–Crippen LogP) is 3.62. The SMILES string of the molecule is CCOc1cccc(CNc2nc(Cl)nc3[nH]ccc23)c1. The van der Waals surface area contributed by atoms with Gasteiger partial charge in [0.15, 0.2) is 0 Å². The third kappa shape index (κ3) is 3.08. The Bertz CT molecular complexity index is 756. The van der Waals surface area contributed by atoms with E-state index in [1.165, 1.54) is 0 Å². The molecule has 2 N–H and O–H groups in total. The molecule has 2 heterocycles. The number of nitrogens with one attached hydrogen (secondary N) is 2. The summed E-state index contributed by atoms with van der Waals surface area (Å²) in [6, 6.07) is 9.88. The standard InChI is InChI=1S/C15H15ClN4O/c1-2-21-11-5-3-4-10(8-11)9-18-14-12-6-7-17-13(12)19-15(16)20-14/h3-8H,2,9H2,1H3,(H2,17,18,19,20). The Hall–Kier alpha value is -2.27. The molecule has 21 heavy (non-hydrogen) atoms. The lowest BCUT2D eigenvalue weighted by atomic mass is 10.2. The second-order valence-electron chi connectivity index (χ2n) is 4.52. The van der Waals surface area contributed by atoms with Crippen LogP contribution in [0.4, 0.5) is 5.82 Å². The second-order valence-corrected chi connectivity index (χ2v) is 4.85. The number of hydrogen-bond donors (Lipinski definition) is 2. The molecule has 0 aliphatic rings. The molecule has 0 radical (unpaired) electrons. The molecule has 0 unspecified atom stereocenters. The van der Waals surface area contributed by atoms with Crippen LogP contribution in [0.3, 0.4) is 0 Å². The smallest absolute Gasteiger partial charge is 0.226 e. The molecule has 5 nitrogen and oxygen atoms in total. The summed E-state index contributed by atoms with van der Waals surface area (Å²) in [5, 5.41) is 4.42.